The van der Waals surface area contributed by atoms with Crippen molar-refractivity contribution in [3.05, 3.63) is 109 Å². The second-order valence-electron chi connectivity index (χ2n) is 16.7. The minimum absolute atomic E-state index is 0.0178. The minimum atomic E-state index is -4.96. The van der Waals surface area contributed by atoms with Crippen LogP contribution in [0.3, 0.4) is 0 Å². The van der Waals surface area contributed by atoms with Crippen LogP contribution in [0.5, 0.6) is 0 Å². The summed E-state index contributed by atoms with van der Waals surface area (Å²) in [4.78, 5) is 44.4. The Kier molecular flexibility index (Phi) is 16.6. The van der Waals surface area contributed by atoms with Crippen LogP contribution < -0.4 is 31.9 Å². The monoisotopic (exact) mass is 1190 g/mol. The fraction of sp³-hybridized carbons (Fsp3) is 0.111. The maximum absolute atomic E-state index is 14.7. The lowest BCUT2D eigenvalue weighted by Gasteiger charge is -2.12. The average Bonchev–Trinajstić information content (AvgIpc) is 3.53. The van der Waals surface area contributed by atoms with E-state index in [9.17, 15) is 70.3 Å². The Morgan fingerprint density at radius 3 is 1.19 bits per heavy atom. The predicted molar refractivity (Wildman–Crippen MR) is 285 cm³/mol. The third-order valence-electron chi connectivity index (χ3n) is 10.7. The summed E-state index contributed by atoms with van der Waals surface area (Å²) in [6, 6.07) is 18.9. The van der Waals surface area contributed by atoms with Gasteiger partial charge in [0.2, 0.25) is 35.6 Å². The van der Waals surface area contributed by atoms with E-state index in [4.69, 9.17) is 0 Å². The van der Waals surface area contributed by atoms with Gasteiger partial charge in [-0.2, -0.15) is 82.6 Å². The number of carbonyl (C=O) groups is 2. The number of carbonyl (C=O) groups excluding carboxylic acids is 2. The van der Waals surface area contributed by atoms with E-state index in [0.29, 0.717) is 0 Å². The largest absolute Gasteiger partial charge is 0.354 e. The molecule has 30 nitrogen and oxygen atoms in total. The van der Waals surface area contributed by atoms with E-state index in [-0.39, 0.29) is 110 Å². The van der Waals surface area contributed by atoms with Gasteiger partial charge in [-0.25, -0.2) is 0 Å². The van der Waals surface area contributed by atoms with Gasteiger partial charge in [-0.1, -0.05) is 24.3 Å². The number of benzene rings is 6. The van der Waals surface area contributed by atoms with Crippen molar-refractivity contribution in [3.8, 4) is 0 Å². The Balaban J connectivity index is 0.911. The quantitative estimate of drug-likeness (QED) is 0.0198. The normalized spacial score (nSPS) is 12.2. The van der Waals surface area contributed by atoms with Crippen LogP contribution in [0.2, 0.25) is 0 Å². The van der Waals surface area contributed by atoms with Gasteiger partial charge in [-0.3, -0.25) is 27.8 Å². The number of nitrogens with zero attached hydrogens (tertiary/aromatic N) is 10. The SMILES string of the molecule is CC(=O)Nc1cc(Nc2nc(F)nc(NCCCNc3nc(F)nc(Nc4ccc(N=Nc5cc(S(=O)(=O)O)c6cccc(S(=O)(=O)O)c6c5)c(NC(C)=O)c4)n3)n2)ccc1N=Nc1cc(S(=O)(=O)O)c2cccc(S(=O)(=O)O)c2c1. The molecule has 10 N–H and O–H groups in total. The van der Waals surface area contributed by atoms with Crippen LogP contribution in [-0.2, 0) is 50.1 Å². The van der Waals surface area contributed by atoms with Crippen molar-refractivity contribution in [1.82, 2.24) is 29.9 Å². The van der Waals surface area contributed by atoms with Gasteiger partial charge in [0.05, 0.1) is 22.7 Å². The topological polar surface area (TPSA) is 451 Å². The van der Waals surface area contributed by atoms with Gasteiger partial charge >= 0.3 is 12.2 Å². The molecule has 0 atom stereocenters. The number of anilines is 8. The van der Waals surface area contributed by atoms with Crippen molar-refractivity contribution >= 4 is 143 Å². The summed E-state index contributed by atoms with van der Waals surface area (Å²) in [6.07, 6.45) is -2.13. The van der Waals surface area contributed by atoms with Gasteiger partial charge < -0.3 is 31.9 Å². The predicted octanol–water partition coefficient (Wildman–Crippen LogP) is 7.78. The van der Waals surface area contributed by atoms with Crippen molar-refractivity contribution in [1.29, 1.82) is 0 Å². The molecule has 0 fully saturated rings. The summed E-state index contributed by atoms with van der Waals surface area (Å²) in [5.41, 5.74) is -0.185. The lowest BCUT2D eigenvalue weighted by Crippen LogP contribution is -2.14. The van der Waals surface area contributed by atoms with Gasteiger partial charge in [0, 0.05) is 59.9 Å². The molecule has 0 radical (unpaired) electrons. The van der Waals surface area contributed by atoms with Crippen molar-refractivity contribution < 1.29 is 70.3 Å². The zero-order chi connectivity index (χ0) is 58.6. The maximum Gasteiger partial charge on any atom is 0.315 e. The Bertz CT molecular complexity index is 4130. The number of rotatable bonds is 20. The van der Waals surface area contributed by atoms with Crippen molar-refractivity contribution in [2.75, 3.05) is 45.0 Å². The smallest absolute Gasteiger partial charge is 0.315 e. The summed E-state index contributed by atoms with van der Waals surface area (Å²) in [6.45, 7) is 2.57. The molecule has 0 saturated carbocycles. The Morgan fingerprint density at radius 1 is 0.457 bits per heavy atom. The summed E-state index contributed by atoms with van der Waals surface area (Å²) >= 11 is 0. The highest BCUT2D eigenvalue weighted by Crippen LogP contribution is 2.38. The first kappa shape index (κ1) is 57.9. The Hall–Kier alpha value is -9.30. The lowest BCUT2D eigenvalue weighted by molar-refractivity contribution is -0.115. The summed E-state index contributed by atoms with van der Waals surface area (Å²) in [7, 11) is -19.7. The van der Waals surface area contributed by atoms with Crippen LogP contribution in [-0.4, -0.2) is 107 Å². The molecule has 36 heteroatoms. The first-order valence-electron chi connectivity index (χ1n) is 22.6. The van der Waals surface area contributed by atoms with E-state index in [1.807, 2.05) is 0 Å². The molecule has 81 heavy (non-hydrogen) atoms. The molecule has 420 valence electrons. The fourth-order valence-corrected chi connectivity index (χ4v) is 10.4. The number of azo groups is 2. The summed E-state index contributed by atoms with van der Waals surface area (Å²) < 4.78 is 166. The number of fused-ring (bicyclic) bond motifs is 2. The van der Waals surface area contributed by atoms with Crippen LogP contribution >= 0.6 is 0 Å². The van der Waals surface area contributed by atoms with E-state index in [1.54, 1.807) is 0 Å². The number of hydrogen-bond acceptors (Lipinski definition) is 24. The van der Waals surface area contributed by atoms with E-state index < -0.39 is 84.0 Å². The zero-order valence-corrected chi connectivity index (χ0v) is 44.4. The van der Waals surface area contributed by atoms with Gasteiger partial charge in [0.15, 0.2) is 0 Å². The second kappa shape index (κ2) is 23.2. The molecular weight excluding hydrogens is 1150 g/mol. The summed E-state index contributed by atoms with van der Waals surface area (Å²) in [5.74, 6) is -2.15. The van der Waals surface area contributed by atoms with Crippen LogP contribution in [0.4, 0.5) is 78.1 Å². The van der Waals surface area contributed by atoms with Crippen LogP contribution in [0.25, 0.3) is 21.5 Å². The molecule has 0 aliphatic heterocycles. The number of hydrogen-bond donors (Lipinski definition) is 10. The lowest BCUT2D eigenvalue weighted by atomic mass is 10.1. The number of halogens is 2. The first-order chi connectivity index (χ1) is 38.1. The standard InChI is InChI=1S/C45H38F2N16O14S4/c1-22(64)50-34-18-24(10-12-32(34)62-60-26-16-30-28(38(20-26)80(72,73)74)6-3-8-36(30)78(66,67)68)52-44-56-40(46)54-42(58-44)48-14-5-15-49-43-55-41(47)57-45(59-43)53-25-11-13-33(35(19-25)51-23(2)65)63-61-27-17-31-29(39(21-27)81(75,76)77)7-4-9-37(31)79(69,70)71/h3-4,6-13,16-21H,5,14-15H2,1-2H3,(H,50,64)(H,51,65)(H,66,67,68)(H,69,70,71)(H,72,73,74)(H,75,76,77)(H2,48,52,54,56,58)(H2,49,53,55,57,59). The van der Waals surface area contributed by atoms with Gasteiger partial charge in [0.25, 0.3) is 40.5 Å². The first-order valence-corrected chi connectivity index (χ1v) is 28.4. The zero-order valence-electron chi connectivity index (χ0n) is 41.1. The molecule has 2 amide bonds. The van der Waals surface area contributed by atoms with Gasteiger partial charge in [0.1, 0.15) is 31.0 Å². The average molecular weight is 1190 g/mol. The molecule has 2 heterocycles. The van der Waals surface area contributed by atoms with Crippen LogP contribution in [0.1, 0.15) is 20.3 Å². The number of amides is 2. The molecule has 0 aliphatic rings. The maximum atomic E-state index is 14.7. The molecular formula is C45H38F2N16O14S4. The van der Waals surface area contributed by atoms with E-state index >= 15 is 0 Å². The Labute approximate surface area is 455 Å². The molecule has 0 unspecified atom stereocenters. The molecule has 0 spiro atoms. The van der Waals surface area contributed by atoms with Gasteiger partial charge in [-0.05, 0) is 79.2 Å². The van der Waals surface area contributed by atoms with E-state index in [0.717, 1.165) is 48.5 Å². The van der Waals surface area contributed by atoms with Crippen LogP contribution in [0, 0.1) is 12.2 Å². The van der Waals surface area contributed by atoms with Crippen LogP contribution in [0.15, 0.2) is 137 Å². The molecule has 8 aromatic rings. The molecule has 8 rings (SSSR count). The second-order valence-corrected chi connectivity index (χ2v) is 22.2. The third kappa shape index (κ3) is 14.7. The third-order valence-corrected chi connectivity index (χ3v) is 14.3. The molecule has 0 bridgehead atoms. The molecule has 6 aromatic carbocycles. The number of aromatic nitrogens is 6. The van der Waals surface area contributed by atoms with E-state index in [1.165, 1.54) is 62.4 Å². The highest BCUT2D eigenvalue weighted by Gasteiger charge is 2.24. The molecule has 0 saturated heterocycles. The van der Waals surface area contributed by atoms with Crippen molar-refractivity contribution in [3.63, 3.8) is 0 Å². The molecule has 0 aliphatic carbocycles. The molecule has 2 aromatic heterocycles. The Morgan fingerprint density at radius 2 is 0.827 bits per heavy atom. The fourth-order valence-electron chi connectivity index (χ4n) is 7.53. The highest BCUT2D eigenvalue weighted by molar-refractivity contribution is 7.87. The van der Waals surface area contributed by atoms with Crippen molar-refractivity contribution in [2.45, 2.75) is 39.9 Å². The minimum Gasteiger partial charge on any atom is -0.354 e. The number of nitrogens with one attached hydrogen (secondary N) is 6. The van der Waals surface area contributed by atoms with Crippen molar-refractivity contribution in [2.24, 2.45) is 20.5 Å². The van der Waals surface area contributed by atoms with E-state index in [2.05, 4.69) is 82.3 Å². The van der Waals surface area contributed by atoms with Gasteiger partial charge in [-0.15, -0.1) is 10.2 Å². The highest BCUT2D eigenvalue weighted by atomic mass is 32.2. The summed E-state index contributed by atoms with van der Waals surface area (Å²) in [5, 5.41) is 31.3.